The number of carbonyl (C=O) groups is 2. The van der Waals surface area contributed by atoms with Gasteiger partial charge in [-0.3, -0.25) is 9.59 Å². The second-order valence-corrected chi connectivity index (χ2v) is 3.69. The first-order valence-corrected chi connectivity index (χ1v) is 6.17. The summed E-state index contributed by atoms with van der Waals surface area (Å²) >= 11 is 3.19. The monoisotopic (exact) mass is 280 g/mol. The Morgan fingerprint density at radius 3 is 2.40 bits per heavy atom. The van der Waals surface area contributed by atoms with E-state index in [1.807, 2.05) is 6.92 Å². The molecule has 0 N–H and O–H groups in total. The summed E-state index contributed by atoms with van der Waals surface area (Å²) < 4.78 is 9.90. The highest BCUT2D eigenvalue weighted by atomic mass is 79.9. The van der Waals surface area contributed by atoms with E-state index in [4.69, 9.17) is 9.47 Å². The van der Waals surface area contributed by atoms with Gasteiger partial charge in [0, 0.05) is 11.8 Å². The van der Waals surface area contributed by atoms with Crippen molar-refractivity contribution < 1.29 is 19.1 Å². The van der Waals surface area contributed by atoms with Gasteiger partial charge in [0.1, 0.15) is 6.10 Å². The summed E-state index contributed by atoms with van der Waals surface area (Å²) in [6.07, 6.45) is 0.783. The van der Waals surface area contributed by atoms with E-state index in [-0.39, 0.29) is 18.4 Å². The van der Waals surface area contributed by atoms with Gasteiger partial charge in [-0.15, -0.1) is 0 Å². The van der Waals surface area contributed by atoms with E-state index in [1.54, 1.807) is 6.92 Å². The van der Waals surface area contributed by atoms with Crippen LogP contribution in [0, 0.1) is 0 Å². The zero-order chi connectivity index (χ0) is 11.7. The molecule has 4 nitrogen and oxygen atoms in total. The third-order valence-corrected chi connectivity index (χ3v) is 2.34. The van der Waals surface area contributed by atoms with Gasteiger partial charge in [-0.2, -0.15) is 0 Å². The number of hydrogen-bond acceptors (Lipinski definition) is 4. The van der Waals surface area contributed by atoms with Crippen LogP contribution in [0.1, 0.15) is 33.1 Å². The van der Waals surface area contributed by atoms with E-state index in [1.165, 1.54) is 0 Å². The number of alkyl halides is 1. The summed E-state index contributed by atoms with van der Waals surface area (Å²) in [5, 5.41) is 0.444. The maximum atomic E-state index is 11.2. The molecule has 15 heavy (non-hydrogen) atoms. The topological polar surface area (TPSA) is 52.6 Å². The molecule has 1 unspecified atom stereocenters. The predicted molar refractivity (Wildman–Crippen MR) is 59.8 cm³/mol. The van der Waals surface area contributed by atoms with Gasteiger partial charge in [-0.1, -0.05) is 29.8 Å². The van der Waals surface area contributed by atoms with Crippen LogP contribution in [0.4, 0.5) is 0 Å². The van der Waals surface area contributed by atoms with Crippen molar-refractivity contribution in [3.8, 4) is 0 Å². The molecule has 0 radical (unpaired) electrons. The van der Waals surface area contributed by atoms with E-state index < -0.39 is 6.10 Å². The van der Waals surface area contributed by atoms with Crippen molar-refractivity contribution in [2.75, 3.05) is 11.9 Å². The number of rotatable bonds is 7. The summed E-state index contributed by atoms with van der Waals surface area (Å²) in [7, 11) is 0. The zero-order valence-corrected chi connectivity index (χ0v) is 10.7. The Balaban J connectivity index is 3.87. The van der Waals surface area contributed by atoms with Gasteiger partial charge >= 0.3 is 11.9 Å². The van der Waals surface area contributed by atoms with Crippen LogP contribution in [0.15, 0.2) is 0 Å². The van der Waals surface area contributed by atoms with Crippen LogP contribution in [0.3, 0.4) is 0 Å². The first-order chi connectivity index (χ1) is 7.13. The standard InChI is InChI=1S/C10H17BrO4/c1-3-5-14-10(13)6-8(7-11)15-9(12)4-2/h8H,3-7H2,1-2H3. The average Bonchev–Trinajstić information content (AvgIpc) is 2.25. The molecule has 0 aliphatic heterocycles. The van der Waals surface area contributed by atoms with Crippen LogP contribution in [-0.2, 0) is 19.1 Å². The lowest BCUT2D eigenvalue weighted by Crippen LogP contribution is -2.23. The molecule has 0 aliphatic rings. The fourth-order valence-electron chi connectivity index (χ4n) is 0.858. The number of halogens is 1. The SMILES string of the molecule is CCCOC(=O)CC(CBr)OC(=O)CC. The molecule has 0 bridgehead atoms. The molecule has 0 aromatic heterocycles. The van der Waals surface area contributed by atoms with Gasteiger partial charge in [0.15, 0.2) is 0 Å². The van der Waals surface area contributed by atoms with E-state index in [0.717, 1.165) is 6.42 Å². The molecule has 0 saturated carbocycles. The molecule has 0 spiro atoms. The van der Waals surface area contributed by atoms with Gasteiger partial charge in [-0.05, 0) is 6.42 Å². The molecular weight excluding hydrogens is 264 g/mol. The molecule has 0 aromatic carbocycles. The van der Waals surface area contributed by atoms with Crippen molar-refractivity contribution in [2.45, 2.75) is 39.2 Å². The molecule has 0 aliphatic carbocycles. The Kier molecular flexibility index (Phi) is 8.37. The van der Waals surface area contributed by atoms with Crippen molar-refractivity contribution in [1.29, 1.82) is 0 Å². The van der Waals surface area contributed by atoms with Crippen LogP contribution in [0.5, 0.6) is 0 Å². The molecule has 0 heterocycles. The third kappa shape index (κ3) is 7.36. The van der Waals surface area contributed by atoms with Gasteiger partial charge < -0.3 is 9.47 Å². The Bertz CT molecular complexity index is 206. The highest BCUT2D eigenvalue weighted by molar-refractivity contribution is 9.09. The summed E-state index contributed by atoms with van der Waals surface area (Å²) in [4.78, 5) is 22.2. The van der Waals surface area contributed by atoms with Crippen LogP contribution in [0.2, 0.25) is 0 Å². The van der Waals surface area contributed by atoms with Gasteiger partial charge in [0.05, 0.1) is 13.0 Å². The molecule has 1 atom stereocenters. The molecule has 88 valence electrons. The number of ether oxygens (including phenoxy) is 2. The summed E-state index contributed by atoms with van der Waals surface area (Å²) in [6.45, 7) is 4.05. The molecule has 0 rings (SSSR count). The molecule has 0 fully saturated rings. The fourth-order valence-corrected chi connectivity index (χ4v) is 1.22. The molecule has 0 aromatic rings. The smallest absolute Gasteiger partial charge is 0.309 e. The second kappa shape index (κ2) is 8.71. The normalized spacial score (nSPS) is 11.9. The minimum atomic E-state index is -0.429. The van der Waals surface area contributed by atoms with Crippen LogP contribution >= 0.6 is 15.9 Å². The van der Waals surface area contributed by atoms with Gasteiger partial charge in [-0.25, -0.2) is 0 Å². The van der Waals surface area contributed by atoms with E-state index in [2.05, 4.69) is 15.9 Å². The molecular formula is C10H17BrO4. The highest BCUT2D eigenvalue weighted by Gasteiger charge is 2.17. The van der Waals surface area contributed by atoms with Crippen molar-refractivity contribution in [3.63, 3.8) is 0 Å². The predicted octanol–water partition coefficient (Wildman–Crippen LogP) is 2.05. The van der Waals surface area contributed by atoms with Crippen molar-refractivity contribution in [2.24, 2.45) is 0 Å². The first-order valence-electron chi connectivity index (χ1n) is 5.05. The quantitative estimate of drug-likeness (QED) is 0.529. The summed E-state index contributed by atoms with van der Waals surface area (Å²) in [5.74, 6) is -0.632. The number of hydrogen-bond donors (Lipinski definition) is 0. The van der Waals surface area contributed by atoms with Crippen molar-refractivity contribution in [1.82, 2.24) is 0 Å². The summed E-state index contributed by atoms with van der Waals surface area (Å²) in [6, 6.07) is 0. The van der Waals surface area contributed by atoms with Crippen LogP contribution in [0.25, 0.3) is 0 Å². The Morgan fingerprint density at radius 1 is 1.27 bits per heavy atom. The van der Waals surface area contributed by atoms with Gasteiger partial charge in [0.2, 0.25) is 0 Å². The highest BCUT2D eigenvalue weighted by Crippen LogP contribution is 2.06. The van der Waals surface area contributed by atoms with E-state index in [0.29, 0.717) is 18.4 Å². The second-order valence-electron chi connectivity index (χ2n) is 3.04. The molecule has 5 heteroatoms. The minimum absolute atomic E-state index is 0.108. The van der Waals surface area contributed by atoms with E-state index >= 15 is 0 Å². The average molecular weight is 281 g/mol. The first kappa shape index (κ1) is 14.4. The number of esters is 2. The maximum absolute atomic E-state index is 11.2. The van der Waals surface area contributed by atoms with Crippen molar-refractivity contribution >= 4 is 27.9 Å². The maximum Gasteiger partial charge on any atom is 0.309 e. The summed E-state index contributed by atoms with van der Waals surface area (Å²) in [5.41, 5.74) is 0. The fraction of sp³-hybridized carbons (Fsp3) is 0.800. The van der Waals surface area contributed by atoms with Gasteiger partial charge in [0.25, 0.3) is 0 Å². The lowest BCUT2D eigenvalue weighted by Gasteiger charge is -2.14. The molecule has 0 amide bonds. The zero-order valence-electron chi connectivity index (χ0n) is 9.12. The van der Waals surface area contributed by atoms with Crippen LogP contribution in [-0.4, -0.2) is 30.0 Å². The van der Waals surface area contributed by atoms with Crippen LogP contribution < -0.4 is 0 Å². The number of carbonyl (C=O) groups excluding carboxylic acids is 2. The third-order valence-electron chi connectivity index (χ3n) is 1.62. The Labute approximate surface area is 98.4 Å². The van der Waals surface area contributed by atoms with E-state index in [9.17, 15) is 9.59 Å². The molecule has 0 saturated heterocycles. The minimum Gasteiger partial charge on any atom is -0.466 e. The van der Waals surface area contributed by atoms with Crippen molar-refractivity contribution in [3.05, 3.63) is 0 Å². The lowest BCUT2D eigenvalue weighted by molar-refractivity contribution is -0.153. The largest absolute Gasteiger partial charge is 0.466 e. The lowest BCUT2D eigenvalue weighted by atomic mass is 10.3. The Morgan fingerprint density at radius 2 is 1.93 bits per heavy atom. The Hall–Kier alpha value is -0.580.